The van der Waals surface area contributed by atoms with Crippen molar-refractivity contribution in [2.24, 2.45) is 5.92 Å². The van der Waals surface area contributed by atoms with Gasteiger partial charge in [0.25, 0.3) is 17.5 Å². The molecule has 0 saturated carbocycles. The standard InChI is InChI=1S/C22H24ClN3O6/c1-12(2)20(25-21(28)15-6-8-17(23)18(10-15)26(30)31)22(29)32-11-19(27)24-16-7-5-13(3)14(4)9-16/h5-10,12,20H,11H2,1-4H3,(H,24,27)(H,25,28)/t20-/m0/s1. The molecule has 0 heterocycles. The third-order valence-electron chi connectivity index (χ3n) is 4.75. The number of rotatable bonds is 8. The van der Waals surface area contributed by atoms with Crippen LogP contribution in [0.15, 0.2) is 36.4 Å². The normalized spacial score (nSPS) is 11.6. The van der Waals surface area contributed by atoms with Crippen molar-refractivity contribution >= 4 is 40.8 Å². The molecule has 0 fully saturated rings. The summed E-state index contributed by atoms with van der Waals surface area (Å²) in [5, 5.41) is 16.1. The Bertz CT molecular complexity index is 1050. The Morgan fingerprint density at radius 3 is 2.38 bits per heavy atom. The average Bonchev–Trinajstić information content (AvgIpc) is 2.72. The van der Waals surface area contributed by atoms with Gasteiger partial charge in [-0.1, -0.05) is 31.5 Å². The highest BCUT2D eigenvalue weighted by atomic mass is 35.5. The maximum atomic E-state index is 12.5. The van der Waals surface area contributed by atoms with Crippen molar-refractivity contribution in [3.05, 3.63) is 68.2 Å². The molecule has 2 N–H and O–H groups in total. The summed E-state index contributed by atoms with van der Waals surface area (Å²) in [7, 11) is 0. The molecule has 0 spiro atoms. The molecule has 0 aliphatic rings. The van der Waals surface area contributed by atoms with E-state index < -0.39 is 41.0 Å². The van der Waals surface area contributed by atoms with Crippen molar-refractivity contribution in [2.75, 3.05) is 11.9 Å². The number of nitro groups is 1. The van der Waals surface area contributed by atoms with Crippen LogP contribution in [0.5, 0.6) is 0 Å². The van der Waals surface area contributed by atoms with Crippen LogP contribution in [0, 0.1) is 29.9 Å². The second-order valence-corrected chi connectivity index (χ2v) is 7.98. The van der Waals surface area contributed by atoms with Crippen LogP contribution in [-0.4, -0.2) is 35.4 Å². The van der Waals surface area contributed by atoms with Gasteiger partial charge in [-0.3, -0.25) is 19.7 Å². The summed E-state index contributed by atoms with van der Waals surface area (Å²) in [6.07, 6.45) is 0. The van der Waals surface area contributed by atoms with Crippen molar-refractivity contribution < 1.29 is 24.0 Å². The van der Waals surface area contributed by atoms with E-state index >= 15 is 0 Å². The number of aryl methyl sites for hydroxylation is 2. The lowest BCUT2D eigenvalue weighted by Crippen LogP contribution is -2.46. The zero-order valence-corrected chi connectivity index (χ0v) is 18.9. The van der Waals surface area contributed by atoms with Crippen molar-refractivity contribution in [1.29, 1.82) is 0 Å². The molecule has 0 unspecified atom stereocenters. The molecule has 9 nitrogen and oxygen atoms in total. The number of benzene rings is 2. The molecule has 10 heteroatoms. The number of amides is 2. The fraction of sp³-hybridized carbons (Fsp3) is 0.318. The summed E-state index contributed by atoms with van der Waals surface area (Å²) in [4.78, 5) is 47.5. The minimum absolute atomic E-state index is 0.0352. The molecule has 170 valence electrons. The van der Waals surface area contributed by atoms with Gasteiger partial charge in [0, 0.05) is 17.3 Å². The zero-order valence-electron chi connectivity index (χ0n) is 18.1. The quantitative estimate of drug-likeness (QED) is 0.349. The fourth-order valence-corrected chi connectivity index (χ4v) is 2.95. The first-order chi connectivity index (χ1) is 15.0. The molecule has 32 heavy (non-hydrogen) atoms. The molecule has 0 saturated heterocycles. The first kappa shape index (κ1) is 24.8. The molecule has 0 aliphatic carbocycles. The number of halogens is 1. The van der Waals surface area contributed by atoms with Gasteiger partial charge in [-0.15, -0.1) is 0 Å². The number of ether oxygens (including phenoxy) is 1. The second kappa shape index (κ2) is 10.7. The van der Waals surface area contributed by atoms with Crippen molar-refractivity contribution in [1.82, 2.24) is 5.32 Å². The summed E-state index contributed by atoms with van der Waals surface area (Å²) in [5.41, 5.74) is 2.20. The van der Waals surface area contributed by atoms with Crippen molar-refractivity contribution in [3.63, 3.8) is 0 Å². The van der Waals surface area contributed by atoms with Crippen LogP contribution < -0.4 is 10.6 Å². The highest BCUT2D eigenvalue weighted by Gasteiger charge is 2.27. The van der Waals surface area contributed by atoms with Gasteiger partial charge in [0.15, 0.2) is 6.61 Å². The Morgan fingerprint density at radius 1 is 1.09 bits per heavy atom. The minimum Gasteiger partial charge on any atom is -0.454 e. The Morgan fingerprint density at radius 2 is 1.78 bits per heavy atom. The van der Waals surface area contributed by atoms with Crippen LogP contribution in [0.2, 0.25) is 5.02 Å². The predicted octanol–water partition coefficient (Wildman–Crippen LogP) is 3.80. The largest absolute Gasteiger partial charge is 0.454 e. The van der Waals surface area contributed by atoms with Crippen molar-refractivity contribution in [2.45, 2.75) is 33.7 Å². The van der Waals surface area contributed by atoms with Gasteiger partial charge in [-0.2, -0.15) is 0 Å². The van der Waals surface area contributed by atoms with Crippen molar-refractivity contribution in [3.8, 4) is 0 Å². The Kier molecular flexibility index (Phi) is 8.31. The van der Waals surface area contributed by atoms with Gasteiger partial charge >= 0.3 is 5.97 Å². The van der Waals surface area contributed by atoms with E-state index in [4.69, 9.17) is 16.3 Å². The molecule has 0 bridgehead atoms. The van der Waals surface area contributed by atoms with E-state index in [-0.39, 0.29) is 16.5 Å². The molecule has 0 aliphatic heterocycles. The van der Waals surface area contributed by atoms with Crippen LogP contribution in [-0.2, 0) is 14.3 Å². The predicted molar refractivity (Wildman–Crippen MR) is 120 cm³/mol. The molecule has 0 radical (unpaired) electrons. The molecule has 1 atom stereocenters. The third kappa shape index (κ3) is 6.52. The summed E-state index contributed by atoms with van der Waals surface area (Å²) in [6.45, 7) is 6.70. The van der Waals surface area contributed by atoms with Crippen LogP contribution in [0.1, 0.15) is 35.3 Å². The molecular weight excluding hydrogens is 438 g/mol. The Balaban J connectivity index is 2.00. The van der Waals surface area contributed by atoms with Crippen LogP contribution >= 0.6 is 11.6 Å². The van der Waals surface area contributed by atoms with Gasteiger partial charge in [0.1, 0.15) is 11.1 Å². The average molecular weight is 462 g/mol. The van der Waals surface area contributed by atoms with Gasteiger partial charge in [0.2, 0.25) is 0 Å². The van der Waals surface area contributed by atoms with E-state index in [1.807, 2.05) is 19.9 Å². The van der Waals surface area contributed by atoms with Gasteiger partial charge in [-0.05, 0) is 55.2 Å². The van der Waals surface area contributed by atoms with Crippen LogP contribution in [0.25, 0.3) is 0 Å². The number of carbonyl (C=O) groups excluding carboxylic acids is 3. The molecule has 2 amide bonds. The summed E-state index contributed by atoms with van der Waals surface area (Å²) in [5.74, 6) is -2.40. The van der Waals surface area contributed by atoms with Crippen LogP contribution in [0.3, 0.4) is 0 Å². The maximum Gasteiger partial charge on any atom is 0.329 e. The highest BCUT2D eigenvalue weighted by molar-refractivity contribution is 6.32. The molecule has 2 aromatic rings. The fourth-order valence-electron chi connectivity index (χ4n) is 2.76. The number of hydrogen-bond acceptors (Lipinski definition) is 6. The first-order valence-electron chi connectivity index (χ1n) is 9.78. The highest BCUT2D eigenvalue weighted by Crippen LogP contribution is 2.25. The lowest BCUT2D eigenvalue weighted by Gasteiger charge is -2.21. The number of carbonyl (C=O) groups is 3. The minimum atomic E-state index is -1.06. The summed E-state index contributed by atoms with van der Waals surface area (Å²) < 4.78 is 5.08. The molecule has 2 rings (SSSR count). The lowest BCUT2D eigenvalue weighted by molar-refractivity contribution is -0.384. The van der Waals surface area contributed by atoms with E-state index in [2.05, 4.69) is 10.6 Å². The monoisotopic (exact) mass is 461 g/mol. The van der Waals surface area contributed by atoms with Gasteiger partial charge in [0.05, 0.1) is 4.92 Å². The number of nitro benzene ring substituents is 1. The first-order valence-corrected chi connectivity index (χ1v) is 10.2. The second-order valence-electron chi connectivity index (χ2n) is 7.57. The summed E-state index contributed by atoms with van der Waals surface area (Å²) >= 11 is 5.76. The topological polar surface area (TPSA) is 128 Å². The molecular formula is C22H24ClN3O6. The maximum absolute atomic E-state index is 12.5. The molecule has 2 aromatic carbocycles. The third-order valence-corrected chi connectivity index (χ3v) is 5.07. The molecule has 0 aromatic heterocycles. The van der Waals surface area contributed by atoms with E-state index in [1.54, 1.807) is 26.0 Å². The number of nitrogens with one attached hydrogen (secondary N) is 2. The van der Waals surface area contributed by atoms with E-state index in [1.165, 1.54) is 12.1 Å². The van der Waals surface area contributed by atoms with Gasteiger partial charge < -0.3 is 15.4 Å². The zero-order chi connectivity index (χ0) is 24.0. The summed E-state index contributed by atoms with van der Waals surface area (Å²) in [6, 6.07) is 7.91. The van der Waals surface area contributed by atoms with Crippen LogP contribution in [0.4, 0.5) is 11.4 Å². The smallest absolute Gasteiger partial charge is 0.329 e. The number of esters is 1. The number of hydrogen-bond donors (Lipinski definition) is 2. The lowest BCUT2D eigenvalue weighted by atomic mass is 10.0. The SMILES string of the molecule is Cc1ccc(NC(=O)COC(=O)[C@@H](NC(=O)c2ccc(Cl)c([N+](=O)[O-])c2)C(C)C)cc1C. The Hall–Kier alpha value is -3.46. The Labute approximate surface area is 190 Å². The van der Waals surface area contributed by atoms with E-state index in [0.29, 0.717) is 5.69 Å². The number of nitrogens with zero attached hydrogens (tertiary/aromatic N) is 1. The van der Waals surface area contributed by atoms with E-state index in [0.717, 1.165) is 17.2 Å². The van der Waals surface area contributed by atoms with E-state index in [9.17, 15) is 24.5 Å². The van der Waals surface area contributed by atoms with Gasteiger partial charge in [-0.25, -0.2) is 4.79 Å². The number of anilines is 1.